The van der Waals surface area contributed by atoms with Crippen LogP contribution < -0.4 is 5.32 Å². The third-order valence-electron chi connectivity index (χ3n) is 3.94. The van der Waals surface area contributed by atoms with Crippen LogP contribution in [0.1, 0.15) is 37.2 Å². The highest BCUT2D eigenvalue weighted by Crippen LogP contribution is 2.30. The molecule has 0 aromatic heterocycles. The minimum Gasteiger partial charge on any atom is -0.380 e. The Bertz CT molecular complexity index is 415. The predicted octanol–water partition coefficient (Wildman–Crippen LogP) is 3.71. The maximum absolute atomic E-state index is 5.92. The normalized spacial score (nSPS) is 20.5. The molecule has 2 saturated carbocycles. The number of hydrogen-bond donors (Lipinski definition) is 1. The minimum atomic E-state index is 0.454. The summed E-state index contributed by atoms with van der Waals surface area (Å²) >= 11 is 3.67. The summed E-state index contributed by atoms with van der Waals surface area (Å²) < 4.78 is 7.12. The highest BCUT2D eigenvalue weighted by atomic mass is 79.9. The van der Waals surface area contributed by atoms with Gasteiger partial charge in [0.1, 0.15) is 0 Å². The quantitative estimate of drug-likeness (QED) is 0.787. The third-order valence-corrected chi connectivity index (χ3v) is 4.67. The molecule has 2 aliphatic carbocycles. The maximum Gasteiger partial charge on any atom is 0.0547 e. The molecular weight excluding hydrogens is 302 g/mol. The SMILES string of the molecule is Brc1ccccc1C(CNC1CC1)COCC1CC1. The predicted molar refractivity (Wildman–Crippen MR) is 81.5 cm³/mol. The van der Waals surface area contributed by atoms with Crippen molar-refractivity contribution >= 4 is 15.9 Å². The standard InChI is InChI=1S/C16H22BrNO/c17-16-4-2-1-3-15(16)13(9-18-14-7-8-14)11-19-10-12-5-6-12/h1-4,12-14,18H,5-11H2. The van der Waals surface area contributed by atoms with E-state index >= 15 is 0 Å². The Morgan fingerprint density at radius 1 is 1.21 bits per heavy atom. The lowest BCUT2D eigenvalue weighted by atomic mass is 10.00. The molecular formula is C16H22BrNO. The smallest absolute Gasteiger partial charge is 0.0547 e. The zero-order valence-electron chi connectivity index (χ0n) is 11.3. The lowest BCUT2D eigenvalue weighted by Crippen LogP contribution is -2.26. The Labute approximate surface area is 124 Å². The van der Waals surface area contributed by atoms with Crippen LogP contribution in [0.5, 0.6) is 0 Å². The zero-order valence-corrected chi connectivity index (χ0v) is 12.9. The van der Waals surface area contributed by atoms with E-state index in [1.165, 1.54) is 35.7 Å². The summed E-state index contributed by atoms with van der Waals surface area (Å²) in [5, 5.41) is 3.64. The molecule has 1 atom stereocenters. The second kappa shape index (κ2) is 6.38. The molecule has 0 heterocycles. The van der Waals surface area contributed by atoms with Crippen molar-refractivity contribution in [2.75, 3.05) is 19.8 Å². The van der Waals surface area contributed by atoms with Gasteiger partial charge in [0.2, 0.25) is 0 Å². The number of nitrogens with one attached hydrogen (secondary N) is 1. The second-order valence-electron chi connectivity index (χ2n) is 5.88. The van der Waals surface area contributed by atoms with Crippen molar-refractivity contribution in [3.63, 3.8) is 0 Å². The van der Waals surface area contributed by atoms with Crippen LogP contribution >= 0.6 is 15.9 Å². The number of ether oxygens (including phenoxy) is 1. The Balaban J connectivity index is 1.57. The Morgan fingerprint density at radius 3 is 2.68 bits per heavy atom. The van der Waals surface area contributed by atoms with Gasteiger partial charge in [-0.2, -0.15) is 0 Å². The number of halogens is 1. The first-order valence-corrected chi connectivity index (χ1v) is 8.18. The number of benzene rings is 1. The van der Waals surface area contributed by atoms with Crippen LogP contribution in [0, 0.1) is 5.92 Å². The van der Waals surface area contributed by atoms with E-state index in [0.29, 0.717) is 5.92 Å². The summed E-state index contributed by atoms with van der Waals surface area (Å²) in [5.74, 6) is 1.30. The van der Waals surface area contributed by atoms with Crippen LogP contribution in [-0.4, -0.2) is 25.8 Å². The fourth-order valence-corrected chi connectivity index (χ4v) is 2.93. The lowest BCUT2D eigenvalue weighted by Gasteiger charge is -2.19. The fraction of sp³-hybridized carbons (Fsp3) is 0.625. The van der Waals surface area contributed by atoms with E-state index < -0.39 is 0 Å². The van der Waals surface area contributed by atoms with Gasteiger partial charge in [0.15, 0.2) is 0 Å². The summed E-state index contributed by atoms with van der Waals surface area (Å²) in [5.41, 5.74) is 1.37. The average molecular weight is 324 g/mol. The molecule has 3 rings (SSSR count). The zero-order chi connectivity index (χ0) is 13.1. The van der Waals surface area contributed by atoms with Gasteiger partial charge in [-0.05, 0) is 43.2 Å². The summed E-state index contributed by atoms with van der Waals surface area (Å²) in [4.78, 5) is 0. The van der Waals surface area contributed by atoms with Gasteiger partial charge >= 0.3 is 0 Å². The topological polar surface area (TPSA) is 21.3 Å². The van der Waals surface area contributed by atoms with E-state index in [0.717, 1.165) is 31.7 Å². The van der Waals surface area contributed by atoms with E-state index in [9.17, 15) is 0 Å². The second-order valence-corrected chi connectivity index (χ2v) is 6.74. The summed E-state index contributed by atoms with van der Waals surface area (Å²) in [6, 6.07) is 9.28. The molecule has 2 aliphatic rings. The summed E-state index contributed by atoms with van der Waals surface area (Å²) in [7, 11) is 0. The van der Waals surface area contributed by atoms with Gasteiger partial charge in [-0.1, -0.05) is 34.1 Å². The summed E-state index contributed by atoms with van der Waals surface area (Å²) in [6.45, 7) is 2.81. The average Bonchev–Trinajstić information content (AvgIpc) is 3.28. The minimum absolute atomic E-state index is 0.454. The van der Waals surface area contributed by atoms with Gasteiger partial charge in [0.25, 0.3) is 0 Å². The first-order valence-electron chi connectivity index (χ1n) is 7.38. The Hall–Kier alpha value is -0.380. The van der Waals surface area contributed by atoms with Crippen molar-refractivity contribution in [1.29, 1.82) is 0 Å². The first kappa shape index (κ1) is 13.6. The van der Waals surface area contributed by atoms with Crippen LogP contribution in [0.25, 0.3) is 0 Å². The Kier molecular flexibility index (Phi) is 4.57. The highest BCUT2D eigenvalue weighted by molar-refractivity contribution is 9.10. The Morgan fingerprint density at radius 2 is 2.00 bits per heavy atom. The van der Waals surface area contributed by atoms with Crippen LogP contribution in [-0.2, 0) is 4.74 Å². The molecule has 0 spiro atoms. The molecule has 3 heteroatoms. The number of rotatable bonds is 8. The van der Waals surface area contributed by atoms with Gasteiger partial charge in [-0.15, -0.1) is 0 Å². The molecule has 1 aromatic carbocycles. The molecule has 1 unspecified atom stereocenters. The van der Waals surface area contributed by atoms with E-state index in [4.69, 9.17) is 4.74 Å². The molecule has 2 nitrogen and oxygen atoms in total. The van der Waals surface area contributed by atoms with Crippen LogP contribution in [0.4, 0.5) is 0 Å². The number of hydrogen-bond acceptors (Lipinski definition) is 2. The van der Waals surface area contributed by atoms with E-state index in [1.54, 1.807) is 0 Å². The van der Waals surface area contributed by atoms with Crippen molar-refractivity contribution < 1.29 is 4.74 Å². The van der Waals surface area contributed by atoms with E-state index in [2.05, 4.69) is 45.5 Å². The highest BCUT2D eigenvalue weighted by Gasteiger charge is 2.25. The molecule has 104 valence electrons. The molecule has 19 heavy (non-hydrogen) atoms. The molecule has 0 bridgehead atoms. The van der Waals surface area contributed by atoms with Crippen molar-refractivity contribution in [2.45, 2.75) is 37.6 Å². The van der Waals surface area contributed by atoms with Crippen LogP contribution in [0.3, 0.4) is 0 Å². The monoisotopic (exact) mass is 323 g/mol. The molecule has 0 aliphatic heterocycles. The van der Waals surface area contributed by atoms with Crippen LogP contribution in [0.15, 0.2) is 28.7 Å². The molecule has 1 aromatic rings. The van der Waals surface area contributed by atoms with Gasteiger partial charge in [-0.3, -0.25) is 0 Å². The maximum atomic E-state index is 5.92. The van der Waals surface area contributed by atoms with Crippen molar-refractivity contribution in [3.05, 3.63) is 34.3 Å². The molecule has 0 amide bonds. The van der Waals surface area contributed by atoms with Crippen molar-refractivity contribution in [1.82, 2.24) is 5.32 Å². The molecule has 1 N–H and O–H groups in total. The third kappa shape index (κ3) is 4.30. The molecule has 2 fully saturated rings. The van der Waals surface area contributed by atoms with E-state index in [1.807, 2.05) is 0 Å². The van der Waals surface area contributed by atoms with Gasteiger partial charge in [0.05, 0.1) is 6.61 Å². The van der Waals surface area contributed by atoms with Gasteiger partial charge in [0, 0.05) is 29.6 Å². The van der Waals surface area contributed by atoms with Gasteiger partial charge < -0.3 is 10.1 Å². The van der Waals surface area contributed by atoms with Crippen LogP contribution in [0.2, 0.25) is 0 Å². The first-order chi connectivity index (χ1) is 9.33. The lowest BCUT2D eigenvalue weighted by molar-refractivity contribution is 0.110. The molecule has 0 saturated heterocycles. The van der Waals surface area contributed by atoms with Crippen molar-refractivity contribution in [3.8, 4) is 0 Å². The van der Waals surface area contributed by atoms with Gasteiger partial charge in [-0.25, -0.2) is 0 Å². The molecule has 0 radical (unpaired) electrons. The van der Waals surface area contributed by atoms with Crippen molar-refractivity contribution in [2.24, 2.45) is 5.92 Å². The largest absolute Gasteiger partial charge is 0.380 e. The fourth-order valence-electron chi connectivity index (χ4n) is 2.32. The summed E-state index contributed by atoms with van der Waals surface area (Å²) in [6.07, 6.45) is 5.40. The van der Waals surface area contributed by atoms with E-state index in [-0.39, 0.29) is 0 Å².